The maximum atomic E-state index is 12.8. The van der Waals surface area contributed by atoms with Crippen LogP contribution in [0.4, 0.5) is 9.18 Å². The Morgan fingerprint density at radius 2 is 2.00 bits per heavy atom. The van der Waals surface area contributed by atoms with E-state index in [0.717, 1.165) is 18.4 Å². The van der Waals surface area contributed by atoms with E-state index in [4.69, 9.17) is 0 Å². The zero-order valence-corrected chi connectivity index (χ0v) is 10.1. The van der Waals surface area contributed by atoms with Crippen molar-refractivity contribution < 1.29 is 9.18 Å². The highest BCUT2D eigenvalue weighted by Crippen LogP contribution is 2.22. The van der Waals surface area contributed by atoms with E-state index >= 15 is 0 Å². The number of carbonyl (C=O) groups excluding carboxylic acids is 1. The molecule has 0 unspecified atom stereocenters. The first kappa shape index (κ1) is 11.9. The molecule has 0 aromatic heterocycles. The second kappa shape index (κ2) is 4.73. The monoisotopic (exact) mass is 236 g/mol. The minimum absolute atomic E-state index is 0.0608. The van der Waals surface area contributed by atoms with Gasteiger partial charge in [0, 0.05) is 13.1 Å². The fourth-order valence-electron chi connectivity index (χ4n) is 1.64. The summed E-state index contributed by atoms with van der Waals surface area (Å²) >= 11 is 0. The molecule has 0 saturated heterocycles. The quantitative estimate of drug-likeness (QED) is 0.859. The van der Waals surface area contributed by atoms with E-state index in [1.807, 2.05) is 6.92 Å². The first-order chi connectivity index (χ1) is 8.08. The number of halogens is 1. The second-order valence-corrected chi connectivity index (χ2v) is 4.56. The van der Waals surface area contributed by atoms with Crippen LogP contribution < -0.4 is 5.32 Å². The maximum Gasteiger partial charge on any atom is 0.317 e. The minimum Gasteiger partial charge on any atom is -0.335 e. The highest BCUT2D eigenvalue weighted by Gasteiger charge is 2.26. The summed E-state index contributed by atoms with van der Waals surface area (Å²) in [4.78, 5) is 13.5. The molecular formula is C13H17FN2O. The van der Waals surface area contributed by atoms with Gasteiger partial charge in [-0.25, -0.2) is 9.18 Å². The third-order valence-electron chi connectivity index (χ3n) is 3.16. The standard InChI is InChI=1S/C13H17FN2O/c1-9(10-3-5-11(14)6-4-10)16(2)13(17)15-12-7-8-12/h3-6,9,12H,7-8H2,1-2H3,(H,15,17)/t9-/m1/s1. The predicted octanol–water partition coefficient (Wildman–Crippen LogP) is 2.69. The highest BCUT2D eigenvalue weighted by molar-refractivity contribution is 5.75. The van der Waals surface area contributed by atoms with Crippen molar-refractivity contribution in [1.82, 2.24) is 10.2 Å². The highest BCUT2D eigenvalue weighted by atomic mass is 19.1. The first-order valence-corrected chi connectivity index (χ1v) is 5.86. The van der Waals surface area contributed by atoms with Gasteiger partial charge in [-0.2, -0.15) is 0 Å². The summed E-state index contributed by atoms with van der Waals surface area (Å²) in [5.74, 6) is -0.258. The van der Waals surface area contributed by atoms with Gasteiger partial charge in [0.15, 0.2) is 0 Å². The Kier molecular flexibility index (Phi) is 3.31. The van der Waals surface area contributed by atoms with Crippen LogP contribution in [-0.4, -0.2) is 24.0 Å². The average Bonchev–Trinajstić information content (AvgIpc) is 3.12. The number of nitrogens with zero attached hydrogens (tertiary/aromatic N) is 1. The Bertz CT molecular complexity index is 400. The smallest absolute Gasteiger partial charge is 0.317 e. The van der Waals surface area contributed by atoms with Crippen LogP contribution in [0.25, 0.3) is 0 Å². The molecule has 1 atom stereocenters. The predicted molar refractivity (Wildman–Crippen MR) is 64.1 cm³/mol. The van der Waals surface area contributed by atoms with E-state index < -0.39 is 0 Å². The van der Waals surface area contributed by atoms with E-state index in [2.05, 4.69) is 5.32 Å². The molecule has 0 heterocycles. The molecule has 4 heteroatoms. The van der Waals surface area contributed by atoms with E-state index in [1.165, 1.54) is 12.1 Å². The van der Waals surface area contributed by atoms with Crippen LogP contribution in [0.3, 0.4) is 0 Å². The molecule has 0 bridgehead atoms. The summed E-state index contributed by atoms with van der Waals surface area (Å²) in [6, 6.07) is 6.47. The number of hydrogen-bond acceptors (Lipinski definition) is 1. The second-order valence-electron chi connectivity index (χ2n) is 4.56. The Morgan fingerprint density at radius 1 is 1.41 bits per heavy atom. The molecule has 1 aliphatic carbocycles. The van der Waals surface area contributed by atoms with Gasteiger partial charge in [-0.3, -0.25) is 0 Å². The lowest BCUT2D eigenvalue weighted by molar-refractivity contribution is 0.194. The van der Waals surface area contributed by atoms with Gasteiger partial charge in [0.05, 0.1) is 6.04 Å². The number of rotatable bonds is 3. The molecule has 0 radical (unpaired) electrons. The first-order valence-electron chi connectivity index (χ1n) is 5.86. The molecule has 2 rings (SSSR count). The van der Waals surface area contributed by atoms with Crippen molar-refractivity contribution in [2.24, 2.45) is 0 Å². The van der Waals surface area contributed by atoms with Gasteiger partial charge in [0.1, 0.15) is 5.82 Å². The van der Waals surface area contributed by atoms with Crippen LogP contribution in [0, 0.1) is 5.82 Å². The lowest BCUT2D eigenvalue weighted by atomic mass is 10.1. The van der Waals surface area contributed by atoms with Crippen LogP contribution in [0.15, 0.2) is 24.3 Å². The normalized spacial score (nSPS) is 16.4. The molecule has 1 fully saturated rings. The maximum absolute atomic E-state index is 12.8. The fraction of sp³-hybridized carbons (Fsp3) is 0.462. The Labute approximate surface area is 101 Å². The molecule has 3 nitrogen and oxygen atoms in total. The molecule has 0 spiro atoms. The van der Waals surface area contributed by atoms with Crippen molar-refractivity contribution in [1.29, 1.82) is 0 Å². The number of hydrogen-bond donors (Lipinski definition) is 1. The van der Waals surface area contributed by atoms with Crippen molar-refractivity contribution in [2.75, 3.05) is 7.05 Å². The van der Waals surface area contributed by atoms with E-state index in [-0.39, 0.29) is 17.9 Å². The van der Waals surface area contributed by atoms with Crippen molar-refractivity contribution in [3.05, 3.63) is 35.6 Å². The molecule has 0 aliphatic heterocycles. The van der Waals surface area contributed by atoms with Crippen LogP contribution in [0.1, 0.15) is 31.4 Å². The minimum atomic E-state index is -0.258. The molecule has 92 valence electrons. The van der Waals surface area contributed by atoms with Gasteiger partial charge < -0.3 is 10.2 Å². The van der Waals surface area contributed by atoms with Crippen LogP contribution in [-0.2, 0) is 0 Å². The van der Waals surface area contributed by atoms with Crippen LogP contribution >= 0.6 is 0 Å². The third kappa shape index (κ3) is 2.96. The summed E-state index contributed by atoms with van der Waals surface area (Å²) in [7, 11) is 1.76. The molecule has 1 aromatic carbocycles. The van der Waals surface area contributed by atoms with E-state index in [1.54, 1.807) is 24.1 Å². The number of benzene rings is 1. The summed E-state index contributed by atoms with van der Waals surface area (Å²) in [6.45, 7) is 1.93. The topological polar surface area (TPSA) is 32.3 Å². The summed E-state index contributed by atoms with van der Waals surface area (Å²) < 4.78 is 12.8. The lowest BCUT2D eigenvalue weighted by Gasteiger charge is -2.25. The molecule has 1 aliphatic rings. The SMILES string of the molecule is C[C@H](c1ccc(F)cc1)N(C)C(=O)NC1CC1. The van der Waals surface area contributed by atoms with Gasteiger partial charge >= 0.3 is 6.03 Å². The average molecular weight is 236 g/mol. The van der Waals surface area contributed by atoms with Gasteiger partial charge in [-0.05, 0) is 37.5 Å². The number of nitrogens with one attached hydrogen (secondary N) is 1. The molecule has 17 heavy (non-hydrogen) atoms. The van der Waals surface area contributed by atoms with Gasteiger partial charge in [-0.1, -0.05) is 12.1 Å². The van der Waals surface area contributed by atoms with Crippen LogP contribution in [0.5, 0.6) is 0 Å². The van der Waals surface area contributed by atoms with Crippen molar-refractivity contribution in [3.63, 3.8) is 0 Å². The Balaban J connectivity index is 1.99. The van der Waals surface area contributed by atoms with Gasteiger partial charge in [0.25, 0.3) is 0 Å². The number of urea groups is 1. The van der Waals surface area contributed by atoms with Gasteiger partial charge in [-0.15, -0.1) is 0 Å². The largest absolute Gasteiger partial charge is 0.335 e. The third-order valence-corrected chi connectivity index (χ3v) is 3.16. The van der Waals surface area contributed by atoms with E-state index in [0.29, 0.717) is 6.04 Å². The number of amides is 2. The zero-order chi connectivity index (χ0) is 12.4. The summed E-state index contributed by atoms with van der Waals surface area (Å²) in [5.41, 5.74) is 0.930. The fourth-order valence-corrected chi connectivity index (χ4v) is 1.64. The molecule has 1 saturated carbocycles. The molecule has 2 amide bonds. The lowest BCUT2D eigenvalue weighted by Crippen LogP contribution is -2.39. The van der Waals surface area contributed by atoms with Crippen molar-refractivity contribution in [3.8, 4) is 0 Å². The van der Waals surface area contributed by atoms with E-state index in [9.17, 15) is 9.18 Å². The van der Waals surface area contributed by atoms with Crippen molar-refractivity contribution >= 4 is 6.03 Å². The summed E-state index contributed by atoms with van der Waals surface area (Å²) in [5, 5.41) is 2.93. The molecule has 1 aromatic rings. The molecule has 1 N–H and O–H groups in total. The van der Waals surface area contributed by atoms with Crippen molar-refractivity contribution in [2.45, 2.75) is 31.8 Å². The Morgan fingerprint density at radius 3 is 2.53 bits per heavy atom. The Hall–Kier alpha value is -1.58. The van der Waals surface area contributed by atoms with Crippen LogP contribution in [0.2, 0.25) is 0 Å². The van der Waals surface area contributed by atoms with Gasteiger partial charge in [0.2, 0.25) is 0 Å². The summed E-state index contributed by atoms with van der Waals surface area (Å²) in [6.07, 6.45) is 2.15. The molecular weight excluding hydrogens is 219 g/mol. The number of carbonyl (C=O) groups is 1. The zero-order valence-electron chi connectivity index (χ0n) is 10.1.